The van der Waals surface area contributed by atoms with Gasteiger partial charge in [-0.15, -0.1) is 0 Å². The molecular formula is C100H110Cl4FN19O23. The number of imide groups is 4. The number of carbonyl (C=O) groups is 12. The zero-order valence-corrected chi connectivity index (χ0v) is 84.1. The van der Waals surface area contributed by atoms with Gasteiger partial charge in [0, 0.05) is 168 Å². The number of ether oxygens (including phenoxy) is 10. The van der Waals surface area contributed by atoms with Crippen LogP contribution in [0.1, 0.15) is 81.3 Å². The van der Waals surface area contributed by atoms with Crippen LogP contribution in [0.3, 0.4) is 0 Å². The summed E-state index contributed by atoms with van der Waals surface area (Å²) in [6.45, 7) is 10.3. The highest BCUT2D eigenvalue weighted by Gasteiger charge is 2.45. The van der Waals surface area contributed by atoms with Crippen LogP contribution in [0.2, 0.25) is 20.1 Å². The van der Waals surface area contributed by atoms with E-state index >= 15 is 0 Å². The molecule has 4 fully saturated rings. The molecule has 8 aromatic carbocycles. The van der Waals surface area contributed by atoms with Crippen molar-refractivity contribution in [2.75, 3.05) is 229 Å². The Morgan fingerprint density at radius 3 is 1.22 bits per heavy atom. The van der Waals surface area contributed by atoms with E-state index in [9.17, 15) is 61.9 Å². The van der Waals surface area contributed by atoms with Crippen LogP contribution < -0.4 is 85.7 Å². The van der Waals surface area contributed by atoms with Crippen LogP contribution in [0.4, 0.5) is 71.4 Å². The fourth-order valence-corrected chi connectivity index (χ4v) is 17.9. The van der Waals surface area contributed by atoms with Crippen molar-refractivity contribution in [1.82, 2.24) is 50.2 Å². The standard InChI is InChI=1S/C50H53Cl2N9O11.C26H29Cl2N7O5.C23H25N3O7.CH3F/c1-58(50(67)57-46-44(51)38(68-2)26-39(69-3)45(46)52)41-27-40(53-29-54-41)55-31-9-11-32(12-10-31)60-17-15-59(16-18-60)28-33(62)7-5-19-70-20-21-71-22-23-72-34-24-30-6-4-8-35-43(30)36(25-34)49(66)61(48(35)65)37-13-14-42(63)56-47(37)64;1-33(26(38)32-25-23(27)18(39-2)12-19(40-3)24(25)28)21-13-20(29-15-30-21)31-16-4-6-17(7-5-16)35-10-8-34(9-11-35)14-22(36)37;24-6-7-31-8-9-32-10-11-33-15-12-14-2-1-3-16-20(14)17(13-15)23(30)26(22(16)29)18-4-5-19(27)25-21(18)28;1-2/h4,6,8-12,24-27,29,37H,5,7,13-23,28H2,1-3H3,(H,57,67)(H,53,54,55)(H,56,63,64);4-7,12-13,15H,8-11,14H2,1-3H3,(H,32,38)(H,36,37)(H,29,30,31);1-3,12-13,18H,4-11,24H2,(H,25,27,28);1H3/i;;;1D. The summed E-state index contributed by atoms with van der Waals surface area (Å²) >= 11 is 25.6. The number of ketones is 1. The molecule has 12 amide bonds. The summed E-state index contributed by atoms with van der Waals surface area (Å²) in [6.07, 6.45) is 3.96. The van der Waals surface area contributed by atoms with E-state index in [1.54, 1.807) is 86.9 Å². The Kier molecular flexibility index (Phi) is 38.7. The highest BCUT2D eigenvalue weighted by molar-refractivity contribution is 6.43. The van der Waals surface area contributed by atoms with Crippen LogP contribution in [0.25, 0.3) is 21.5 Å². The van der Waals surface area contributed by atoms with Crippen LogP contribution >= 0.6 is 46.4 Å². The van der Waals surface area contributed by atoms with Crippen LogP contribution in [0, 0.1) is 0 Å². The number of hydrogen-bond donors (Lipinski definition) is 8. The van der Waals surface area contributed by atoms with Crippen molar-refractivity contribution in [1.29, 1.82) is 0 Å². The van der Waals surface area contributed by atoms with E-state index in [2.05, 4.69) is 66.5 Å². The van der Waals surface area contributed by atoms with Gasteiger partial charge in [0.2, 0.25) is 23.6 Å². The molecule has 2 aromatic heterocycles. The first-order valence-electron chi connectivity index (χ1n) is 47.2. The second-order valence-corrected chi connectivity index (χ2v) is 35.1. The van der Waals surface area contributed by atoms with E-state index in [-0.39, 0.29) is 112 Å². The van der Waals surface area contributed by atoms with E-state index in [0.717, 1.165) is 71.8 Å². The SMILES string of the molecule is COc1cc(OC)c(Cl)c(NC(=O)N(C)c2cc(Nc3ccc(N4CCN(CC(=O)CCCOCCOCCOc5cc6c7c(cccc7c5)C(=O)N(C5CCC(=O)NC5=O)C6=O)CC4)cc3)ncn2)c1Cl.COc1cc(OC)c(Cl)c(NC(=O)N(C)c2cc(Nc3ccc(N4CCN(CC(=O)O)CC4)cc3)ncn2)c1Cl.NCCOCCOCCOc1cc2c3c(cccc3c1)C(=O)N(C1CCC(=O)NC1=O)C2=O.[2H]CF. The van der Waals surface area contributed by atoms with Crippen LogP contribution in [-0.4, -0.2) is 316 Å². The number of carboxylic acid groups (broad SMARTS) is 1. The smallest absolute Gasteiger partial charge is 0.327 e. The summed E-state index contributed by atoms with van der Waals surface area (Å²) in [4.78, 5) is 182. The average Bonchev–Trinajstić information content (AvgIpc) is 0.735. The van der Waals surface area contributed by atoms with Crippen molar-refractivity contribution in [3.63, 3.8) is 0 Å². The van der Waals surface area contributed by atoms with E-state index in [0.29, 0.717) is 164 Å². The Balaban J connectivity index is 0.000000202. The number of methoxy groups -OCH3 is 4. The van der Waals surface area contributed by atoms with Gasteiger partial charge in [-0.2, -0.15) is 0 Å². The molecule has 8 heterocycles. The lowest BCUT2D eigenvalue weighted by atomic mass is 9.91. The zero-order valence-electron chi connectivity index (χ0n) is 82.1. The number of carboxylic acids is 1. The van der Waals surface area contributed by atoms with Crippen molar-refractivity contribution in [3.8, 4) is 34.5 Å². The van der Waals surface area contributed by atoms with E-state index in [4.69, 9.17) is 106 Å². The fourth-order valence-electron chi connectivity index (χ4n) is 16.8. The first-order chi connectivity index (χ1) is 71.4. The molecule has 778 valence electrons. The highest BCUT2D eigenvalue weighted by Crippen LogP contribution is 2.47. The molecule has 6 aliphatic rings. The third-order valence-corrected chi connectivity index (χ3v) is 25.7. The number of nitrogens with zero attached hydrogens (tertiary/aromatic N) is 12. The van der Waals surface area contributed by atoms with Gasteiger partial charge in [0.1, 0.15) is 122 Å². The number of hydrogen-bond acceptors (Lipinski definition) is 33. The molecule has 10 aromatic rings. The summed E-state index contributed by atoms with van der Waals surface area (Å²) in [5.41, 5.74) is 10.5. The Labute approximate surface area is 865 Å². The average molecular weight is 2110 g/mol. The van der Waals surface area contributed by atoms with Gasteiger partial charge in [-0.3, -0.25) is 92.4 Å². The summed E-state index contributed by atoms with van der Waals surface area (Å²) in [5, 5.41) is 28.1. The van der Waals surface area contributed by atoms with Crippen molar-refractivity contribution in [3.05, 3.63) is 188 Å². The van der Waals surface area contributed by atoms with Gasteiger partial charge in [-0.25, -0.2) is 29.5 Å². The highest BCUT2D eigenvalue weighted by atomic mass is 35.5. The van der Waals surface area contributed by atoms with Gasteiger partial charge in [0.15, 0.2) is 0 Å². The number of alkyl halides is 1. The molecule has 47 heteroatoms. The molecular weight excluding hydrogens is 2000 g/mol. The first-order valence-corrected chi connectivity index (χ1v) is 48.0. The second kappa shape index (κ2) is 52.5. The molecule has 0 radical (unpaired) electrons. The lowest BCUT2D eigenvalue weighted by Gasteiger charge is -2.35. The summed E-state index contributed by atoms with van der Waals surface area (Å²) in [5.74, 6) is -1.56. The molecule has 4 saturated heterocycles. The number of piperidine rings is 2. The number of halogens is 5. The van der Waals surface area contributed by atoms with E-state index in [1.807, 2.05) is 53.4 Å². The number of aromatic nitrogens is 4. The van der Waals surface area contributed by atoms with Crippen molar-refractivity contribution in [2.45, 2.75) is 50.6 Å². The quantitative estimate of drug-likeness (QED) is 0.0131. The van der Waals surface area contributed by atoms with Gasteiger partial charge in [-0.1, -0.05) is 70.7 Å². The summed E-state index contributed by atoms with van der Waals surface area (Å²) in [7, 11) is 7.87. The first kappa shape index (κ1) is 108. The molecule has 42 nitrogen and oxygen atoms in total. The maximum atomic E-state index is 13.6. The molecule has 0 spiro atoms. The molecule has 16 rings (SSSR count). The van der Waals surface area contributed by atoms with Gasteiger partial charge >= 0.3 is 18.0 Å². The van der Waals surface area contributed by atoms with Gasteiger partial charge in [-0.05, 0) is 115 Å². The number of urea groups is 2. The third kappa shape index (κ3) is 27.6. The van der Waals surface area contributed by atoms with Crippen LogP contribution in [0.5, 0.6) is 34.5 Å². The number of piperazine rings is 2. The number of anilines is 10. The molecule has 6 aliphatic heterocycles. The summed E-state index contributed by atoms with van der Waals surface area (Å²) in [6, 6.07) is 35.8. The second-order valence-electron chi connectivity index (χ2n) is 33.6. The number of Topliss-reactive ketones (excluding diaryl/α,β-unsaturated/α-hetero) is 1. The number of benzene rings is 8. The van der Waals surface area contributed by atoms with E-state index < -0.39 is 84.5 Å². The summed E-state index contributed by atoms with van der Waals surface area (Å²) < 4.78 is 70.3. The van der Waals surface area contributed by atoms with Gasteiger partial charge < -0.3 is 89.3 Å². The molecule has 2 atom stereocenters. The Morgan fingerprint density at radius 2 is 0.844 bits per heavy atom. The van der Waals surface area contributed by atoms with Crippen molar-refractivity contribution < 1.29 is 116 Å². The van der Waals surface area contributed by atoms with Gasteiger partial charge in [0.05, 0.1) is 119 Å². The lowest BCUT2D eigenvalue weighted by Crippen LogP contribution is -2.57. The minimum Gasteiger partial charge on any atom is -0.495 e. The van der Waals surface area contributed by atoms with Crippen molar-refractivity contribution in [2.24, 2.45) is 5.73 Å². The number of aliphatic carboxylic acids is 1. The Morgan fingerprint density at radius 1 is 0.476 bits per heavy atom. The van der Waals surface area contributed by atoms with Gasteiger partial charge in [0.25, 0.3) is 23.6 Å². The minimum absolute atomic E-state index is 0.0290. The third-order valence-electron chi connectivity index (χ3n) is 24.2. The maximum absolute atomic E-state index is 13.6. The fraction of sp³-hybridized carbons (Fsp3) is 0.360. The number of amides is 12. The predicted molar refractivity (Wildman–Crippen MR) is 548 cm³/mol. The topological polar surface area (TPSA) is 493 Å². The van der Waals surface area contributed by atoms with Crippen LogP contribution in [0.15, 0.2) is 146 Å². The zero-order chi connectivity index (χ0) is 106. The Bertz CT molecular complexity index is 6460. The Hall–Kier alpha value is -14.5. The minimum atomic E-state index is -1.08. The lowest BCUT2D eigenvalue weighted by molar-refractivity contribution is -0.139. The normalized spacial score (nSPS) is 15.6. The molecule has 0 aliphatic carbocycles. The molecule has 0 saturated carbocycles. The predicted octanol–water partition coefficient (Wildman–Crippen LogP) is 12.0. The number of rotatable bonds is 40. The molecule has 2 unspecified atom stereocenters. The molecule has 147 heavy (non-hydrogen) atoms. The maximum Gasteiger partial charge on any atom is 0.327 e. The van der Waals surface area contributed by atoms with Crippen LogP contribution in [-0.2, 0) is 47.7 Å². The van der Waals surface area contributed by atoms with E-state index in [1.165, 1.54) is 63.0 Å². The largest absolute Gasteiger partial charge is 0.495 e. The molecule has 0 bridgehead atoms. The molecule has 9 N–H and O–H groups in total. The number of carbonyl (C=O) groups excluding carboxylic acids is 11. The number of nitrogens with two attached hydrogens (primary N) is 1. The number of nitrogens with one attached hydrogen (secondary N) is 6. The monoisotopic (exact) mass is 2100 g/mol. The van der Waals surface area contributed by atoms with Crippen molar-refractivity contribution >= 4 is 196 Å².